The van der Waals surface area contributed by atoms with E-state index in [1.54, 1.807) is 18.2 Å². The lowest BCUT2D eigenvalue weighted by Gasteiger charge is -2.25. The average Bonchev–Trinajstić information content (AvgIpc) is 2.41. The maximum absolute atomic E-state index is 12.4. The molecule has 0 heterocycles. The predicted molar refractivity (Wildman–Crippen MR) is 82.9 cm³/mol. The summed E-state index contributed by atoms with van der Waals surface area (Å²) in [6.45, 7) is 1.17. The van der Waals surface area contributed by atoms with Gasteiger partial charge in [0.05, 0.1) is 7.11 Å². The van der Waals surface area contributed by atoms with Crippen LogP contribution < -0.4 is 14.8 Å². The third-order valence-corrected chi connectivity index (χ3v) is 5.47. The minimum atomic E-state index is -3.51. The zero-order chi connectivity index (χ0) is 15.3. The highest BCUT2D eigenvalue weighted by Gasteiger charge is 2.21. The largest absolute Gasteiger partial charge is 0.495 e. The molecule has 0 atom stereocenters. The van der Waals surface area contributed by atoms with Crippen LogP contribution in [0.4, 0.5) is 0 Å². The van der Waals surface area contributed by atoms with Crippen LogP contribution in [0.2, 0.25) is 0 Å². The number of methoxy groups -OCH3 is 1. The molecular weight excluding hydrogens is 288 g/mol. The van der Waals surface area contributed by atoms with Crippen molar-refractivity contribution in [3.63, 3.8) is 0 Å². The number of nitrogens with one attached hydrogen (secondary N) is 2. The van der Waals surface area contributed by atoms with E-state index in [0.717, 1.165) is 12.0 Å². The Morgan fingerprint density at radius 2 is 2.10 bits per heavy atom. The molecule has 1 saturated carbocycles. The van der Waals surface area contributed by atoms with Gasteiger partial charge in [-0.3, -0.25) is 0 Å². The molecule has 21 heavy (non-hydrogen) atoms. The highest BCUT2D eigenvalue weighted by atomic mass is 32.2. The van der Waals surface area contributed by atoms with Gasteiger partial charge < -0.3 is 10.1 Å². The summed E-state index contributed by atoms with van der Waals surface area (Å²) in [5.74, 6) is 1.08. The van der Waals surface area contributed by atoms with Crippen LogP contribution in [0, 0.1) is 5.92 Å². The van der Waals surface area contributed by atoms with Crippen molar-refractivity contribution in [3.8, 4) is 5.75 Å². The molecular formula is C15H24N2O3S. The summed E-state index contributed by atoms with van der Waals surface area (Å²) in [6.07, 6.45) is 4.64. The van der Waals surface area contributed by atoms with Crippen LogP contribution in [0.25, 0.3) is 0 Å². The van der Waals surface area contributed by atoms with Crippen LogP contribution >= 0.6 is 0 Å². The molecule has 6 heteroatoms. The lowest BCUT2D eigenvalue weighted by atomic mass is 9.83. The Morgan fingerprint density at radius 1 is 1.33 bits per heavy atom. The number of hydrogen-bond acceptors (Lipinski definition) is 4. The Morgan fingerprint density at radius 3 is 2.67 bits per heavy atom. The monoisotopic (exact) mass is 312 g/mol. The maximum Gasteiger partial charge on any atom is 0.244 e. The van der Waals surface area contributed by atoms with E-state index in [2.05, 4.69) is 10.0 Å². The molecule has 0 radical (unpaired) electrons. The molecule has 0 aliphatic heterocycles. The third-order valence-electron chi connectivity index (χ3n) is 3.97. The zero-order valence-electron chi connectivity index (χ0n) is 12.7. The van der Waals surface area contributed by atoms with Crippen molar-refractivity contribution in [2.75, 3.05) is 20.7 Å². The van der Waals surface area contributed by atoms with Crippen molar-refractivity contribution in [1.82, 2.24) is 10.0 Å². The van der Waals surface area contributed by atoms with Crippen molar-refractivity contribution < 1.29 is 13.2 Å². The van der Waals surface area contributed by atoms with Gasteiger partial charge in [0.25, 0.3) is 0 Å². The van der Waals surface area contributed by atoms with Crippen molar-refractivity contribution >= 4 is 10.0 Å². The summed E-state index contributed by atoms with van der Waals surface area (Å²) in [4.78, 5) is 0.207. The highest BCUT2D eigenvalue weighted by Crippen LogP contribution is 2.29. The second kappa shape index (κ2) is 7.24. The van der Waals surface area contributed by atoms with Gasteiger partial charge in [0.2, 0.25) is 10.0 Å². The predicted octanol–water partition coefficient (Wildman–Crippen LogP) is 1.88. The zero-order valence-corrected chi connectivity index (χ0v) is 13.5. The van der Waals surface area contributed by atoms with Crippen molar-refractivity contribution in [3.05, 3.63) is 23.8 Å². The SMILES string of the molecule is CNCc1ccc(S(=O)(=O)NCCC2CCC2)c(OC)c1. The van der Waals surface area contributed by atoms with E-state index in [0.29, 0.717) is 24.8 Å². The van der Waals surface area contributed by atoms with Crippen LogP contribution in [0.15, 0.2) is 23.1 Å². The second-order valence-corrected chi connectivity index (χ2v) is 7.23. The highest BCUT2D eigenvalue weighted by molar-refractivity contribution is 7.89. The van der Waals surface area contributed by atoms with E-state index < -0.39 is 10.0 Å². The van der Waals surface area contributed by atoms with Gasteiger partial charge in [-0.25, -0.2) is 13.1 Å². The van der Waals surface area contributed by atoms with E-state index in [9.17, 15) is 8.42 Å². The van der Waals surface area contributed by atoms with E-state index in [4.69, 9.17) is 4.74 Å². The normalized spacial score (nSPS) is 15.7. The standard InChI is InChI=1S/C15H24N2O3S/c1-16-11-13-6-7-15(14(10-13)20-2)21(18,19)17-9-8-12-4-3-5-12/h6-7,10,12,16-17H,3-5,8-9,11H2,1-2H3. The molecule has 0 bridgehead atoms. The summed E-state index contributed by atoms with van der Waals surface area (Å²) in [7, 11) is -0.172. The fraction of sp³-hybridized carbons (Fsp3) is 0.600. The molecule has 0 saturated heterocycles. The summed E-state index contributed by atoms with van der Waals surface area (Å²) in [5, 5.41) is 3.03. The Hall–Kier alpha value is -1.11. The fourth-order valence-corrected chi connectivity index (χ4v) is 3.70. The van der Waals surface area contributed by atoms with Crippen LogP contribution in [0.1, 0.15) is 31.2 Å². The first-order valence-electron chi connectivity index (χ1n) is 7.38. The Bertz CT molecular complexity index is 568. The molecule has 118 valence electrons. The van der Waals surface area contributed by atoms with Crippen molar-refractivity contribution in [1.29, 1.82) is 0 Å². The van der Waals surface area contributed by atoms with E-state index in [-0.39, 0.29) is 4.90 Å². The van der Waals surface area contributed by atoms with Gasteiger partial charge in [-0.15, -0.1) is 0 Å². The first-order chi connectivity index (χ1) is 10.1. The van der Waals surface area contributed by atoms with Crippen molar-refractivity contribution in [2.45, 2.75) is 37.1 Å². The molecule has 0 amide bonds. The van der Waals surface area contributed by atoms with Gasteiger partial charge in [-0.05, 0) is 37.1 Å². The molecule has 1 aromatic rings. The number of benzene rings is 1. The lowest BCUT2D eigenvalue weighted by molar-refractivity contribution is 0.297. The minimum absolute atomic E-state index is 0.207. The Kier molecular flexibility index (Phi) is 5.61. The average molecular weight is 312 g/mol. The van der Waals surface area contributed by atoms with E-state index in [1.807, 2.05) is 7.05 Å². The first-order valence-corrected chi connectivity index (χ1v) is 8.86. The molecule has 1 fully saturated rings. The number of sulfonamides is 1. The van der Waals surface area contributed by atoms with Crippen LogP contribution in [-0.4, -0.2) is 29.1 Å². The van der Waals surface area contributed by atoms with Gasteiger partial charge in [0.15, 0.2) is 0 Å². The summed E-state index contributed by atoms with van der Waals surface area (Å²) in [6, 6.07) is 5.17. The molecule has 2 N–H and O–H groups in total. The van der Waals surface area contributed by atoms with Gasteiger partial charge in [-0.1, -0.05) is 25.3 Å². The number of rotatable bonds is 8. The first kappa shape index (κ1) is 16.3. The lowest BCUT2D eigenvalue weighted by Crippen LogP contribution is -2.28. The van der Waals surface area contributed by atoms with Crippen LogP contribution in [0.5, 0.6) is 5.75 Å². The van der Waals surface area contributed by atoms with Gasteiger partial charge in [-0.2, -0.15) is 0 Å². The van der Waals surface area contributed by atoms with Gasteiger partial charge in [0.1, 0.15) is 10.6 Å². The van der Waals surface area contributed by atoms with Crippen LogP contribution in [0.3, 0.4) is 0 Å². The van der Waals surface area contributed by atoms with Crippen molar-refractivity contribution in [2.24, 2.45) is 5.92 Å². The summed E-state index contributed by atoms with van der Waals surface area (Å²) < 4.78 is 32.6. The second-order valence-electron chi connectivity index (χ2n) is 5.50. The molecule has 1 aromatic carbocycles. The number of ether oxygens (including phenoxy) is 1. The summed E-state index contributed by atoms with van der Waals surface area (Å²) in [5.41, 5.74) is 0.989. The number of hydrogen-bond donors (Lipinski definition) is 2. The minimum Gasteiger partial charge on any atom is -0.495 e. The maximum atomic E-state index is 12.4. The topological polar surface area (TPSA) is 67.4 Å². The third kappa shape index (κ3) is 4.18. The Balaban J connectivity index is 2.06. The Labute approximate surface area is 127 Å². The smallest absolute Gasteiger partial charge is 0.244 e. The van der Waals surface area contributed by atoms with Crippen LogP contribution in [-0.2, 0) is 16.6 Å². The fourth-order valence-electron chi connectivity index (χ4n) is 2.50. The molecule has 5 nitrogen and oxygen atoms in total. The van der Waals surface area contributed by atoms with E-state index >= 15 is 0 Å². The van der Waals surface area contributed by atoms with Gasteiger partial charge >= 0.3 is 0 Å². The van der Waals surface area contributed by atoms with E-state index in [1.165, 1.54) is 26.4 Å². The summed E-state index contributed by atoms with van der Waals surface area (Å²) >= 11 is 0. The van der Waals surface area contributed by atoms with Gasteiger partial charge in [0, 0.05) is 13.1 Å². The molecule has 1 aliphatic carbocycles. The molecule has 2 rings (SSSR count). The molecule has 0 unspecified atom stereocenters. The quantitative estimate of drug-likeness (QED) is 0.769. The molecule has 1 aliphatic rings. The molecule has 0 aromatic heterocycles. The molecule has 0 spiro atoms.